The molecule has 1 aromatic rings. The van der Waals surface area contributed by atoms with Gasteiger partial charge in [0.05, 0.1) is 13.2 Å². The first-order valence-corrected chi connectivity index (χ1v) is 6.98. The Morgan fingerprint density at radius 1 is 1.25 bits per heavy atom. The van der Waals surface area contributed by atoms with Crippen molar-refractivity contribution in [1.29, 1.82) is 0 Å². The van der Waals surface area contributed by atoms with Gasteiger partial charge < -0.3 is 14.8 Å². The topological polar surface area (TPSA) is 47.6 Å². The molecule has 0 bridgehead atoms. The third-order valence-electron chi connectivity index (χ3n) is 3.91. The summed E-state index contributed by atoms with van der Waals surface area (Å²) in [5.74, 6) is 1.28. The molecule has 1 N–H and O–H groups in total. The van der Waals surface area contributed by atoms with Gasteiger partial charge in [-0.3, -0.25) is 4.79 Å². The number of amides is 1. The predicted octanol–water partition coefficient (Wildman–Crippen LogP) is 2.69. The van der Waals surface area contributed by atoms with Gasteiger partial charge in [-0.1, -0.05) is 12.1 Å². The number of ether oxygens (including phenoxy) is 2. The summed E-state index contributed by atoms with van der Waals surface area (Å²) in [6.07, 6.45) is 2.31. The highest BCUT2D eigenvalue weighted by Crippen LogP contribution is 2.41. The fraction of sp³-hybridized carbons (Fsp3) is 0.562. The second kappa shape index (κ2) is 5.83. The first-order valence-electron chi connectivity index (χ1n) is 6.98. The molecule has 0 spiro atoms. The van der Waals surface area contributed by atoms with Gasteiger partial charge in [-0.15, -0.1) is 0 Å². The number of carbonyl (C=O) groups excluding carboxylic acids is 1. The van der Waals surface area contributed by atoms with Crippen LogP contribution in [0.1, 0.15) is 38.3 Å². The average molecular weight is 277 g/mol. The van der Waals surface area contributed by atoms with Crippen LogP contribution in [0.5, 0.6) is 5.75 Å². The van der Waals surface area contributed by atoms with Crippen LogP contribution in [0.3, 0.4) is 0 Å². The third kappa shape index (κ3) is 3.31. The smallest absolute Gasteiger partial charge is 0.252 e. The van der Waals surface area contributed by atoms with Gasteiger partial charge >= 0.3 is 0 Å². The van der Waals surface area contributed by atoms with E-state index in [1.807, 2.05) is 24.3 Å². The lowest BCUT2D eigenvalue weighted by atomic mass is 10.00. The van der Waals surface area contributed by atoms with Crippen LogP contribution < -0.4 is 10.1 Å². The fourth-order valence-corrected chi connectivity index (χ4v) is 2.12. The summed E-state index contributed by atoms with van der Waals surface area (Å²) in [6.45, 7) is 3.56. The number of hydrogen-bond donors (Lipinski definition) is 1. The predicted molar refractivity (Wildman–Crippen MR) is 77.7 cm³/mol. The van der Waals surface area contributed by atoms with Crippen LogP contribution in [0.2, 0.25) is 0 Å². The van der Waals surface area contributed by atoms with Crippen LogP contribution >= 0.6 is 0 Å². The van der Waals surface area contributed by atoms with Gasteiger partial charge in [0.1, 0.15) is 11.4 Å². The summed E-state index contributed by atoms with van der Waals surface area (Å²) in [5, 5.41) is 3.12. The Labute approximate surface area is 120 Å². The summed E-state index contributed by atoms with van der Waals surface area (Å²) < 4.78 is 10.4. The average Bonchev–Trinajstić information content (AvgIpc) is 3.29. The molecular weight excluding hydrogens is 254 g/mol. The maximum Gasteiger partial charge on any atom is 0.252 e. The minimum atomic E-state index is -0.806. The van der Waals surface area contributed by atoms with Crippen LogP contribution in [0.15, 0.2) is 24.3 Å². The summed E-state index contributed by atoms with van der Waals surface area (Å²) in [5.41, 5.74) is 0.313. The van der Waals surface area contributed by atoms with Crippen LogP contribution in [0.4, 0.5) is 0 Å². The molecule has 20 heavy (non-hydrogen) atoms. The fourth-order valence-electron chi connectivity index (χ4n) is 2.12. The Hall–Kier alpha value is -1.55. The maximum absolute atomic E-state index is 12.3. The highest BCUT2D eigenvalue weighted by molar-refractivity contribution is 5.84. The Balaban J connectivity index is 2.13. The quantitative estimate of drug-likeness (QED) is 0.869. The zero-order valence-corrected chi connectivity index (χ0v) is 12.6. The zero-order chi connectivity index (χ0) is 14.8. The van der Waals surface area contributed by atoms with Crippen LogP contribution in [-0.4, -0.2) is 25.7 Å². The van der Waals surface area contributed by atoms with Crippen molar-refractivity contribution in [3.63, 3.8) is 0 Å². The normalized spacial score (nSPS) is 16.6. The highest BCUT2D eigenvalue weighted by atomic mass is 16.5. The first kappa shape index (κ1) is 14.9. The van der Waals surface area contributed by atoms with Gasteiger partial charge in [0.15, 0.2) is 0 Å². The van der Waals surface area contributed by atoms with Gasteiger partial charge in [0.25, 0.3) is 5.91 Å². The minimum Gasteiger partial charge on any atom is -0.497 e. The summed E-state index contributed by atoms with van der Waals surface area (Å²) >= 11 is 0. The van der Waals surface area contributed by atoms with E-state index in [0.717, 1.165) is 24.2 Å². The largest absolute Gasteiger partial charge is 0.497 e. The molecule has 0 radical (unpaired) electrons. The van der Waals surface area contributed by atoms with Gasteiger partial charge in [0, 0.05) is 7.11 Å². The molecule has 0 heterocycles. The van der Waals surface area contributed by atoms with E-state index in [0.29, 0.717) is 5.92 Å². The van der Waals surface area contributed by atoms with Crippen molar-refractivity contribution in [3.8, 4) is 5.75 Å². The van der Waals surface area contributed by atoms with E-state index in [1.54, 1.807) is 28.1 Å². The molecule has 1 aliphatic rings. The van der Waals surface area contributed by atoms with E-state index in [2.05, 4.69) is 5.32 Å². The lowest BCUT2D eigenvalue weighted by Crippen LogP contribution is -2.45. The first-order chi connectivity index (χ1) is 9.47. The lowest BCUT2D eigenvalue weighted by molar-refractivity contribution is -0.140. The molecule has 0 aliphatic heterocycles. The standard InChI is InChI=1S/C16H23NO3/c1-16(2,20-4)15(18)17-14(11-5-6-11)12-7-9-13(19-3)10-8-12/h7-11,14H,5-6H2,1-4H3,(H,17,18). The highest BCUT2D eigenvalue weighted by Gasteiger charge is 2.36. The monoisotopic (exact) mass is 277 g/mol. The van der Waals surface area contributed by atoms with Crippen molar-refractivity contribution < 1.29 is 14.3 Å². The van der Waals surface area contributed by atoms with Crippen LogP contribution in [0, 0.1) is 5.92 Å². The number of hydrogen-bond acceptors (Lipinski definition) is 3. The van der Waals surface area contributed by atoms with Crippen molar-refractivity contribution in [2.75, 3.05) is 14.2 Å². The SMILES string of the molecule is COc1ccc(C(NC(=O)C(C)(C)OC)C2CC2)cc1. The molecular formula is C16H23NO3. The molecule has 2 rings (SSSR count). The second-order valence-corrected chi connectivity index (χ2v) is 5.78. The Morgan fingerprint density at radius 3 is 2.30 bits per heavy atom. The Bertz CT molecular complexity index is 463. The molecule has 1 atom stereocenters. The molecule has 1 unspecified atom stereocenters. The van der Waals surface area contributed by atoms with Crippen molar-refractivity contribution in [1.82, 2.24) is 5.32 Å². The molecule has 0 saturated heterocycles. The minimum absolute atomic E-state index is 0.0582. The van der Waals surface area contributed by atoms with Gasteiger partial charge in [-0.2, -0.15) is 0 Å². The third-order valence-corrected chi connectivity index (χ3v) is 3.91. The number of benzene rings is 1. The van der Waals surface area contributed by atoms with Gasteiger partial charge in [-0.05, 0) is 50.3 Å². The summed E-state index contributed by atoms with van der Waals surface area (Å²) in [7, 11) is 3.20. The molecule has 110 valence electrons. The van der Waals surface area contributed by atoms with Crippen molar-refractivity contribution in [3.05, 3.63) is 29.8 Å². The molecule has 0 aromatic heterocycles. The van der Waals surface area contributed by atoms with E-state index in [4.69, 9.17) is 9.47 Å². The summed E-state index contributed by atoms with van der Waals surface area (Å²) in [4.78, 5) is 12.3. The Morgan fingerprint density at radius 2 is 1.85 bits per heavy atom. The molecule has 4 nitrogen and oxygen atoms in total. The summed E-state index contributed by atoms with van der Waals surface area (Å²) in [6, 6.07) is 7.95. The van der Waals surface area contributed by atoms with Crippen molar-refractivity contribution in [2.45, 2.75) is 38.3 Å². The Kier molecular flexibility index (Phi) is 4.33. The number of carbonyl (C=O) groups is 1. The molecule has 1 fully saturated rings. The lowest BCUT2D eigenvalue weighted by Gasteiger charge is -2.26. The molecule has 1 aromatic carbocycles. The van der Waals surface area contributed by atoms with Crippen LogP contribution in [-0.2, 0) is 9.53 Å². The molecule has 1 aliphatic carbocycles. The van der Waals surface area contributed by atoms with E-state index < -0.39 is 5.60 Å². The van der Waals surface area contributed by atoms with E-state index in [9.17, 15) is 4.79 Å². The van der Waals surface area contributed by atoms with E-state index in [-0.39, 0.29) is 11.9 Å². The van der Waals surface area contributed by atoms with Crippen LogP contribution in [0.25, 0.3) is 0 Å². The molecule has 1 amide bonds. The molecule has 4 heteroatoms. The number of nitrogens with one attached hydrogen (secondary N) is 1. The molecule has 1 saturated carbocycles. The van der Waals surface area contributed by atoms with Crippen molar-refractivity contribution >= 4 is 5.91 Å². The van der Waals surface area contributed by atoms with E-state index in [1.165, 1.54) is 0 Å². The number of methoxy groups -OCH3 is 2. The number of rotatable bonds is 6. The second-order valence-electron chi connectivity index (χ2n) is 5.78. The van der Waals surface area contributed by atoms with Gasteiger partial charge in [-0.25, -0.2) is 0 Å². The zero-order valence-electron chi connectivity index (χ0n) is 12.6. The van der Waals surface area contributed by atoms with Crippen molar-refractivity contribution in [2.24, 2.45) is 5.92 Å². The van der Waals surface area contributed by atoms with Gasteiger partial charge in [0.2, 0.25) is 0 Å². The van der Waals surface area contributed by atoms with E-state index >= 15 is 0 Å². The maximum atomic E-state index is 12.3.